The molecule has 10 heteroatoms. The van der Waals surface area contributed by atoms with E-state index in [4.69, 9.17) is 19.4 Å². The summed E-state index contributed by atoms with van der Waals surface area (Å²) in [5.74, 6) is -1.11. The van der Waals surface area contributed by atoms with Crippen molar-refractivity contribution in [1.29, 1.82) is 5.26 Å². The number of likely N-dealkylation sites (tertiary alicyclic amines) is 1. The number of aromatic nitrogens is 2. The zero-order chi connectivity index (χ0) is 30.1. The van der Waals surface area contributed by atoms with Crippen molar-refractivity contribution in [3.05, 3.63) is 71.2 Å². The van der Waals surface area contributed by atoms with Crippen LogP contribution in [0.25, 0.3) is 10.8 Å². The summed E-state index contributed by atoms with van der Waals surface area (Å²) in [5, 5.41) is 11.9. The summed E-state index contributed by atoms with van der Waals surface area (Å²) in [7, 11) is 2.11. The van der Waals surface area contributed by atoms with Crippen LogP contribution in [0.4, 0.5) is 10.2 Å². The average molecular weight is 585 g/mol. The molecule has 4 heterocycles. The summed E-state index contributed by atoms with van der Waals surface area (Å²) in [6, 6.07) is 14.9. The van der Waals surface area contributed by atoms with E-state index in [0.717, 1.165) is 36.2 Å². The van der Waals surface area contributed by atoms with Crippen molar-refractivity contribution < 1.29 is 18.7 Å². The van der Waals surface area contributed by atoms with E-state index in [1.165, 1.54) is 21.2 Å². The van der Waals surface area contributed by atoms with Crippen LogP contribution >= 0.6 is 0 Å². The highest BCUT2D eigenvalue weighted by molar-refractivity contribution is 5.91. The Morgan fingerprint density at radius 1 is 1.19 bits per heavy atom. The second-order valence-electron chi connectivity index (χ2n) is 11.7. The van der Waals surface area contributed by atoms with Crippen LogP contribution in [-0.4, -0.2) is 77.6 Å². The van der Waals surface area contributed by atoms with E-state index < -0.39 is 17.8 Å². The minimum Gasteiger partial charge on any atom is -0.462 e. The number of benzene rings is 2. The van der Waals surface area contributed by atoms with Crippen LogP contribution < -0.4 is 9.64 Å². The van der Waals surface area contributed by atoms with Gasteiger partial charge in [0.2, 0.25) is 0 Å². The summed E-state index contributed by atoms with van der Waals surface area (Å²) in [5.41, 5.74) is 4.07. The molecule has 3 aliphatic heterocycles. The Morgan fingerprint density at radius 3 is 2.74 bits per heavy atom. The summed E-state index contributed by atoms with van der Waals surface area (Å²) in [6.07, 6.45) is 2.64. The normalized spacial score (nSPS) is 22.3. The molecule has 224 valence electrons. The maximum atomic E-state index is 13.8. The van der Waals surface area contributed by atoms with Gasteiger partial charge in [0.25, 0.3) is 5.91 Å². The number of nitriles is 1. The van der Waals surface area contributed by atoms with Gasteiger partial charge in [-0.3, -0.25) is 4.79 Å². The third-order valence-corrected chi connectivity index (χ3v) is 9.03. The number of nitrogens with zero attached hydrogens (tertiary/aromatic N) is 6. The summed E-state index contributed by atoms with van der Waals surface area (Å²) in [6.45, 7) is 8.13. The number of anilines is 1. The van der Waals surface area contributed by atoms with Gasteiger partial charge in [-0.2, -0.15) is 15.2 Å². The van der Waals surface area contributed by atoms with Crippen LogP contribution in [-0.2, 0) is 22.6 Å². The number of hydrogen-bond acceptors (Lipinski definition) is 8. The number of rotatable bonds is 7. The van der Waals surface area contributed by atoms with E-state index in [1.807, 2.05) is 4.90 Å². The fourth-order valence-corrected chi connectivity index (χ4v) is 6.70. The molecule has 1 amide bonds. The molecular weight excluding hydrogens is 547 g/mol. The quantitative estimate of drug-likeness (QED) is 0.371. The highest BCUT2D eigenvalue weighted by Gasteiger charge is 2.35. The molecule has 3 atom stereocenters. The number of amides is 1. The van der Waals surface area contributed by atoms with E-state index in [2.05, 4.69) is 67.9 Å². The average Bonchev–Trinajstić information content (AvgIpc) is 3.43. The number of piperazine rings is 1. The highest BCUT2D eigenvalue weighted by Crippen LogP contribution is 2.38. The predicted octanol–water partition coefficient (Wildman–Crippen LogP) is 4.64. The van der Waals surface area contributed by atoms with Gasteiger partial charge in [0.1, 0.15) is 12.4 Å². The van der Waals surface area contributed by atoms with E-state index in [0.29, 0.717) is 50.6 Å². The van der Waals surface area contributed by atoms with Crippen LogP contribution in [0.5, 0.6) is 6.01 Å². The van der Waals surface area contributed by atoms with Gasteiger partial charge < -0.3 is 24.2 Å². The molecule has 0 bridgehead atoms. The van der Waals surface area contributed by atoms with Gasteiger partial charge in [-0.15, -0.1) is 0 Å². The van der Waals surface area contributed by atoms with Gasteiger partial charge in [0, 0.05) is 37.7 Å². The van der Waals surface area contributed by atoms with Crippen molar-refractivity contribution >= 4 is 22.5 Å². The number of likely N-dealkylation sites (N-methyl/N-ethyl adjacent to an activating group) is 1. The zero-order valence-corrected chi connectivity index (χ0v) is 24.8. The lowest BCUT2D eigenvalue weighted by atomic mass is 9.92. The fourth-order valence-electron chi connectivity index (χ4n) is 6.70. The molecule has 2 saturated heterocycles. The third kappa shape index (κ3) is 5.79. The molecule has 0 radical (unpaired) electrons. The molecule has 3 aromatic rings. The molecule has 0 aliphatic carbocycles. The molecule has 6 rings (SSSR count). The van der Waals surface area contributed by atoms with E-state index in [9.17, 15) is 14.4 Å². The number of fused-ring (bicyclic) bond motifs is 2. The Kier molecular flexibility index (Phi) is 8.28. The van der Waals surface area contributed by atoms with Crippen molar-refractivity contribution in [3.8, 4) is 12.1 Å². The van der Waals surface area contributed by atoms with Crippen molar-refractivity contribution in [1.82, 2.24) is 19.8 Å². The number of ether oxygens (including phenoxy) is 2. The lowest BCUT2D eigenvalue weighted by Crippen LogP contribution is -2.55. The number of carbonyl (C=O) groups excluding carboxylic acids is 1. The largest absolute Gasteiger partial charge is 0.462 e. The van der Waals surface area contributed by atoms with Gasteiger partial charge in [0.15, 0.2) is 5.83 Å². The molecule has 2 fully saturated rings. The van der Waals surface area contributed by atoms with Crippen molar-refractivity contribution in [2.45, 2.75) is 57.4 Å². The fraction of sp³-hybridized carbons (Fsp3) is 0.455. The molecule has 43 heavy (non-hydrogen) atoms. The Bertz CT molecular complexity index is 1580. The first-order valence-corrected chi connectivity index (χ1v) is 14.9. The monoisotopic (exact) mass is 584 g/mol. The van der Waals surface area contributed by atoms with Crippen LogP contribution in [0.15, 0.2) is 48.8 Å². The molecule has 3 aliphatic rings. The second-order valence-corrected chi connectivity index (χ2v) is 11.7. The standard InChI is InChI=1S/C33H37FN6O3/c1-21-7-4-8-23-9-5-11-26(30(21)23)29-17-28-27(20-42-29)31(37-33(36-28)43-19-25-10-6-14-38(25)3)39-15-16-40(32(41)22(2)34)24(18-39)12-13-35/h4-5,7-9,11,24-25,29H,2,6,10,12,14-20H2,1,3H3/t24-,25+,29?/m0/s1. The SMILES string of the molecule is C=C(F)C(=O)N1CCN(c2nc(OC[C@H]3CCCN3C)nc3c2COC(c2cccc4cccc(C)c24)C3)C[C@@H]1CC#N. The molecule has 9 nitrogen and oxygen atoms in total. The lowest BCUT2D eigenvalue weighted by Gasteiger charge is -2.42. The first-order valence-electron chi connectivity index (χ1n) is 14.9. The maximum Gasteiger partial charge on any atom is 0.318 e. The summed E-state index contributed by atoms with van der Waals surface area (Å²) >= 11 is 0. The van der Waals surface area contributed by atoms with Gasteiger partial charge in [0.05, 0.1) is 36.9 Å². The summed E-state index contributed by atoms with van der Waals surface area (Å²) < 4.78 is 26.5. The minimum atomic E-state index is -1.02. The molecule has 0 spiro atoms. The van der Waals surface area contributed by atoms with Crippen molar-refractivity contribution in [3.63, 3.8) is 0 Å². The van der Waals surface area contributed by atoms with Crippen LogP contribution in [0, 0.1) is 18.3 Å². The van der Waals surface area contributed by atoms with Gasteiger partial charge in [-0.1, -0.05) is 43.0 Å². The Labute approximate surface area is 251 Å². The molecule has 0 N–H and O–H groups in total. The van der Waals surface area contributed by atoms with E-state index in [1.54, 1.807) is 0 Å². The first kappa shape index (κ1) is 29.0. The highest BCUT2D eigenvalue weighted by atomic mass is 19.1. The van der Waals surface area contributed by atoms with Crippen molar-refractivity contribution in [2.24, 2.45) is 0 Å². The van der Waals surface area contributed by atoms with Crippen LogP contribution in [0.1, 0.15) is 47.8 Å². The topological polar surface area (TPSA) is 94.8 Å². The maximum absolute atomic E-state index is 13.8. The second kappa shape index (κ2) is 12.3. The van der Waals surface area contributed by atoms with Gasteiger partial charge in [-0.05, 0) is 55.3 Å². The Hall–Kier alpha value is -4.07. The lowest BCUT2D eigenvalue weighted by molar-refractivity contribution is -0.131. The number of halogens is 1. The zero-order valence-electron chi connectivity index (χ0n) is 24.8. The van der Waals surface area contributed by atoms with E-state index >= 15 is 0 Å². The third-order valence-electron chi connectivity index (χ3n) is 9.03. The predicted molar refractivity (Wildman–Crippen MR) is 161 cm³/mol. The first-order chi connectivity index (χ1) is 20.8. The van der Waals surface area contributed by atoms with Crippen LogP contribution in [0.2, 0.25) is 0 Å². The Balaban J connectivity index is 1.34. The molecule has 1 aromatic heterocycles. The van der Waals surface area contributed by atoms with Gasteiger partial charge >= 0.3 is 6.01 Å². The number of hydrogen-bond donors (Lipinski definition) is 0. The minimum absolute atomic E-state index is 0.0686. The molecular formula is C33H37FN6O3. The van der Waals surface area contributed by atoms with Crippen LogP contribution in [0.3, 0.4) is 0 Å². The molecule has 0 saturated carbocycles. The molecule has 2 aromatic carbocycles. The Morgan fingerprint density at radius 2 is 2.00 bits per heavy atom. The number of aryl methyl sites for hydroxylation is 1. The summed E-state index contributed by atoms with van der Waals surface area (Å²) in [4.78, 5) is 28.0. The smallest absolute Gasteiger partial charge is 0.318 e. The molecule has 1 unspecified atom stereocenters. The number of carbonyl (C=O) groups is 1. The van der Waals surface area contributed by atoms with E-state index in [-0.39, 0.29) is 19.1 Å². The van der Waals surface area contributed by atoms with Gasteiger partial charge in [-0.25, -0.2) is 4.39 Å². The van der Waals surface area contributed by atoms with Crippen molar-refractivity contribution in [2.75, 3.05) is 44.7 Å².